The van der Waals surface area contributed by atoms with Gasteiger partial charge in [-0.2, -0.15) is 0 Å². The topological polar surface area (TPSA) is 26.7 Å². The lowest BCUT2D eigenvalue weighted by molar-refractivity contribution is 0.461. The number of para-hydroxylation sites is 1. The van der Waals surface area contributed by atoms with Crippen molar-refractivity contribution in [2.75, 3.05) is 31.3 Å². The van der Waals surface area contributed by atoms with Gasteiger partial charge in [-0.15, -0.1) is 11.8 Å². The Morgan fingerprint density at radius 3 is 2.62 bits per heavy atom. The van der Waals surface area contributed by atoms with E-state index in [4.69, 9.17) is 0 Å². The van der Waals surface area contributed by atoms with Crippen molar-refractivity contribution in [3.05, 3.63) is 42.5 Å². The highest BCUT2D eigenvalue weighted by atomic mass is 32.2. The first-order valence-electron chi connectivity index (χ1n) is 6.81. The lowest BCUT2D eigenvalue weighted by atomic mass is 10.2. The number of rotatable bonds is 2. The van der Waals surface area contributed by atoms with E-state index in [2.05, 4.69) is 46.6 Å². The number of anilines is 2. The molecule has 0 radical (unpaired) electrons. The van der Waals surface area contributed by atoms with Crippen LogP contribution in [0.15, 0.2) is 52.3 Å². The summed E-state index contributed by atoms with van der Waals surface area (Å²) in [6, 6.07) is 14.4. The number of phenols is 1. The summed E-state index contributed by atoms with van der Waals surface area (Å²) in [6.45, 7) is 1.89. The average Bonchev–Trinajstić information content (AvgIpc) is 2.65. The molecule has 0 spiro atoms. The van der Waals surface area contributed by atoms with Gasteiger partial charge in [0, 0.05) is 18.8 Å². The molecule has 5 heteroatoms. The molecule has 2 aromatic carbocycles. The second-order valence-corrected chi connectivity index (χ2v) is 7.02. The molecule has 110 valence electrons. The third kappa shape index (κ3) is 3.00. The van der Waals surface area contributed by atoms with Crippen molar-refractivity contribution in [2.24, 2.45) is 0 Å². The number of phenolic OH excluding ortho intramolecular Hbond substituents is 1. The van der Waals surface area contributed by atoms with Crippen LogP contribution in [0.4, 0.5) is 11.4 Å². The van der Waals surface area contributed by atoms with Gasteiger partial charge in [0.15, 0.2) is 0 Å². The van der Waals surface area contributed by atoms with E-state index in [0.29, 0.717) is 5.75 Å². The van der Waals surface area contributed by atoms with Crippen LogP contribution in [0.5, 0.6) is 5.75 Å². The quantitative estimate of drug-likeness (QED) is 0.661. The van der Waals surface area contributed by atoms with Gasteiger partial charge in [-0.1, -0.05) is 18.2 Å². The fraction of sp³-hybridized carbons (Fsp3) is 0.250. The molecule has 0 atom stereocenters. The van der Waals surface area contributed by atoms with E-state index < -0.39 is 0 Å². The summed E-state index contributed by atoms with van der Waals surface area (Å²) in [5.74, 6) is 0.358. The van der Waals surface area contributed by atoms with Crippen molar-refractivity contribution < 1.29 is 5.11 Å². The Balaban J connectivity index is 2.12. The molecule has 21 heavy (non-hydrogen) atoms. The molecule has 0 bridgehead atoms. The molecule has 3 nitrogen and oxygen atoms in total. The van der Waals surface area contributed by atoms with Gasteiger partial charge in [0.1, 0.15) is 5.75 Å². The second kappa shape index (κ2) is 6.22. The Hall–Kier alpha value is -1.30. The maximum Gasteiger partial charge on any atom is 0.130 e. The maximum atomic E-state index is 10.1. The van der Waals surface area contributed by atoms with Crippen LogP contribution in [-0.2, 0) is 0 Å². The van der Waals surface area contributed by atoms with E-state index in [1.807, 2.05) is 18.4 Å². The van der Waals surface area contributed by atoms with Gasteiger partial charge < -0.3 is 10.0 Å². The zero-order valence-corrected chi connectivity index (χ0v) is 13.7. The summed E-state index contributed by atoms with van der Waals surface area (Å²) < 4.78 is 2.21. The zero-order valence-electron chi connectivity index (χ0n) is 12.1. The molecule has 1 heterocycles. The van der Waals surface area contributed by atoms with Crippen molar-refractivity contribution in [2.45, 2.75) is 9.79 Å². The van der Waals surface area contributed by atoms with Gasteiger partial charge in [0.2, 0.25) is 0 Å². The molecular weight excluding hydrogens is 300 g/mol. The molecule has 1 N–H and O–H groups in total. The summed E-state index contributed by atoms with van der Waals surface area (Å²) in [4.78, 5) is 4.33. The van der Waals surface area contributed by atoms with E-state index in [0.717, 1.165) is 28.6 Å². The normalized spacial score (nSPS) is 15.6. The number of hydrogen-bond donors (Lipinski definition) is 1. The summed E-state index contributed by atoms with van der Waals surface area (Å²) in [7, 11) is 2.09. The van der Waals surface area contributed by atoms with Crippen LogP contribution in [0.1, 0.15) is 0 Å². The van der Waals surface area contributed by atoms with E-state index in [1.54, 1.807) is 23.7 Å². The number of fused-ring (bicyclic) bond motifs is 1. The largest absolute Gasteiger partial charge is 0.507 e. The first-order chi connectivity index (χ1) is 10.2. The Bertz CT molecular complexity index is 634. The van der Waals surface area contributed by atoms with Crippen LogP contribution < -0.4 is 4.90 Å². The third-order valence-corrected chi connectivity index (χ3v) is 5.30. The van der Waals surface area contributed by atoms with Gasteiger partial charge >= 0.3 is 0 Å². The van der Waals surface area contributed by atoms with Crippen LogP contribution in [0.3, 0.4) is 0 Å². The number of nitrogens with zero attached hydrogens (tertiary/aromatic N) is 2. The molecule has 0 aromatic heterocycles. The summed E-state index contributed by atoms with van der Waals surface area (Å²) in [6.07, 6.45) is 1.99. The highest BCUT2D eigenvalue weighted by molar-refractivity contribution is 7.98. The second-order valence-electron chi connectivity index (χ2n) is 4.92. The summed E-state index contributed by atoms with van der Waals surface area (Å²) >= 11 is 3.26. The fourth-order valence-corrected chi connectivity index (χ4v) is 3.87. The van der Waals surface area contributed by atoms with Crippen molar-refractivity contribution >= 4 is 35.1 Å². The molecule has 0 amide bonds. The van der Waals surface area contributed by atoms with Gasteiger partial charge in [-0.25, -0.2) is 4.31 Å². The minimum absolute atomic E-state index is 0.358. The zero-order chi connectivity index (χ0) is 14.8. The average molecular weight is 318 g/mol. The number of aromatic hydroxyl groups is 1. The molecule has 0 saturated heterocycles. The van der Waals surface area contributed by atoms with Crippen LogP contribution in [0.2, 0.25) is 0 Å². The molecule has 0 saturated carbocycles. The van der Waals surface area contributed by atoms with Crippen molar-refractivity contribution in [1.29, 1.82) is 0 Å². The number of benzene rings is 2. The fourth-order valence-electron chi connectivity index (χ4n) is 2.44. The Kier molecular flexibility index (Phi) is 4.33. The van der Waals surface area contributed by atoms with Crippen molar-refractivity contribution in [3.63, 3.8) is 0 Å². The SMILES string of the molecule is CSc1cc2c(cc1O)SN(C)CCN2c1ccccc1. The molecule has 2 aromatic rings. The maximum absolute atomic E-state index is 10.1. The Morgan fingerprint density at radius 1 is 1.14 bits per heavy atom. The van der Waals surface area contributed by atoms with Crippen LogP contribution in [0, 0.1) is 0 Å². The molecule has 0 fully saturated rings. The van der Waals surface area contributed by atoms with Gasteiger partial charge in [-0.3, -0.25) is 0 Å². The van der Waals surface area contributed by atoms with Crippen LogP contribution in [0.25, 0.3) is 0 Å². The van der Waals surface area contributed by atoms with Gasteiger partial charge in [0.25, 0.3) is 0 Å². The molecule has 1 aliphatic heterocycles. The highest BCUT2D eigenvalue weighted by Gasteiger charge is 2.22. The van der Waals surface area contributed by atoms with Crippen molar-refractivity contribution in [3.8, 4) is 5.75 Å². The number of likely N-dealkylation sites (N-methyl/N-ethyl adjacent to an activating group) is 1. The van der Waals surface area contributed by atoms with E-state index in [1.165, 1.54) is 5.69 Å². The first-order valence-corrected chi connectivity index (χ1v) is 8.81. The lowest BCUT2D eigenvalue weighted by Crippen LogP contribution is -2.24. The highest BCUT2D eigenvalue weighted by Crippen LogP contribution is 2.43. The monoisotopic (exact) mass is 318 g/mol. The Labute approximate surface area is 134 Å². The van der Waals surface area contributed by atoms with E-state index in [9.17, 15) is 5.11 Å². The predicted octanol–water partition coefficient (Wildman–Crippen LogP) is 4.20. The molecule has 1 aliphatic rings. The van der Waals surface area contributed by atoms with E-state index in [-0.39, 0.29) is 0 Å². The van der Waals surface area contributed by atoms with Crippen molar-refractivity contribution in [1.82, 2.24) is 4.31 Å². The predicted molar refractivity (Wildman–Crippen MR) is 91.8 cm³/mol. The summed E-state index contributed by atoms with van der Waals surface area (Å²) in [5, 5.41) is 10.1. The Morgan fingerprint density at radius 2 is 1.90 bits per heavy atom. The molecule has 0 unspecified atom stereocenters. The molecular formula is C16H18N2OS2. The van der Waals surface area contributed by atoms with Crippen LogP contribution >= 0.6 is 23.7 Å². The van der Waals surface area contributed by atoms with Crippen LogP contribution in [-0.4, -0.2) is 35.8 Å². The molecule has 3 rings (SSSR count). The first kappa shape index (κ1) is 14.6. The smallest absolute Gasteiger partial charge is 0.130 e. The summed E-state index contributed by atoms with van der Waals surface area (Å²) in [5.41, 5.74) is 2.35. The minimum atomic E-state index is 0.358. The third-order valence-electron chi connectivity index (χ3n) is 3.51. The molecule has 0 aliphatic carbocycles. The van der Waals surface area contributed by atoms with Gasteiger partial charge in [-0.05, 0) is 49.5 Å². The standard InChI is InChI=1S/C16H18N2OS2/c1-17-8-9-18(12-6-4-3-5-7-12)13-10-16(20-2)14(19)11-15(13)21-17/h3-7,10-11,19H,8-9H2,1-2H3. The van der Waals surface area contributed by atoms with Gasteiger partial charge in [0.05, 0.1) is 15.5 Å². The number of thioether (sulfide) groups is 1. The lowest BCUT2D eigenvalue weighted by Gasteiger charge is -2.25. The number of hydrogen-bond acceptors (Lipinski definition) is 5. The minimum Gasteiger partial charge on any atom is -0.507 e. The van der Waals surface area contributed by atoms with E-state index >= 15 is 0 Å².